The van der Waals surface area contributed by atoms with Gasteiger partial charge in [0, 0.05) is 31.6 Å². The molecule has 3 heterocycles. The molecule has 4 N–H and O–H groups in total. The second-order valence-electron chi connectivity index (χ2n) is 6.84. The average Bonchev–Trinajstić information content (AvgIpc) is 3.20. The zero-order valence-corrected chi connectivity index (χ0v) is 16.0. The fourth-order valence-corrected chi connectivity index (χ4v) is 4.10. The number of nitrogens with zero attached hydrogens (tertiary/aromatic N) is 2. The molecule has 0 saturated carbocycles. The van der Waals surface area contributed by atoms with Crippen LogP contribution in [-0.2, 0) is 4.79 Å². The van der Waals surface area contributed by atoms with E-state index >= 15 is 0 Å². The Morgan fingerprint density at radius 1 is 1.52 bits per heavy atom. The molecule has 0 aliphatic carbocycles. The van der Waals surface area contributed by atoms with Crippen molar-refractivity contribution in [1.82, 2.24) is 9.88 Å². The van der Waals surface area contributed by atoms with Crippen LogP contribution in [0.5, 0.6) is 5.75 Å². The van der Waals surface area contributed by atoms with Crippen LogP contribution in [0.3, 0.4) is 0 Å². The summed E-state index contributed by atoms with van der Waals surface area (Å²) < 4.78 is 20.0. The van der Waals surface area contributed by atoms with Crippen LogP contribution < -0.4 is 10.5 Å². The predicted molar refractivity (Wildman–Crippen MR) is 101 cm³/mol. The van der Waals surface area contributed by atoms with Crippen LogP contribution in [0, 0.1) is 17.7 Å². The second kappa shape index (κ2) is 6.81. The number of amides is 2. The molecule has 2 amide bonds. The SMILES string of the molecule is CN1CC[C@@](O)(C#Cc2cc3c(cc2F)OC[C@@H](O)c2sc(C(N)=O)nc2-3)C1=O. The molecule has 0 spiro atoms. The van der Waals surface area contributed by atoms with E-state index in [1.807, 2.05) is 0 Å². The van der Waals surface area contributed by atoms with Crippen LogP contribution in [0.15, 0.2) is 12.1 Å². The number of halogens is 1. The number of likely N-dealkylation sites (tertiary alicyclic amines) is 1. The van der Waals surface area contributed by atoms with E-state index in [0.29, 0.717) is 17.0 Å². The van der Waals surface area contributed by atoms with Crippen LogP contribution in [0.4, 0.5) is 4.39 Å². The number of hydrogen-bond donors (Lipinski definition) is 3. The van der Waals surface area contributed by atoms with E-state index in [0.717, 1.165) is 17.4 Å². The van der Waals surface area contributed by atoms with Crippen LogP contribution in [0.1, 0.15) is 32.8 Å². The maximum atomic E-state index is 14.6. The number of likely N-dealkylation sites (N-methyl/N-ethyl adjacent to an activating group) is 1. The van der Waals surface area contributed by atoms with E-state index < -0.39 is 29.3 Å². The van der Waals surface area contributed by atoms with Gasteiger partial charge in [0.1, 0.15) is 24.3 Å². The van der Waals surface area contributed by atoms with E-state index in [4.69, 9.17) is 10.5 Å². The maximum Gasteiger partial charge on any atom is 0.277 e. The Balaban J connectivity index is 1.81. The lowest BCUT2D eigenvalue weighted by atomic mass is 10.0. The number of aliphatic hydroxyl groups is 2. The monoisotopic (exact) mass is 417 g/mol. The number of nitrogens with two attached hydrogens (primary N) is 1. The molecule has 1 aromatic carbocycles. The van der Waals surface area contributed by atoms with Crippen molar-refractivity contribution in [2.24, 2.45) is 5.73 Å². The zero-order chi connectivity index (χ0) is 20.9. The van der Waals surface area contributed by atoms with Gasteiger partial charge in [0.05, 0.1) is 16.1 Å². The van der Waals surface area contributed by atoms with Gasteiger partial charge in [0.2, 0.25) is 5.60 Å². The molecule has 2 atom stereocenters. The number of rotatable bonds is 1. The number of benzene rings is 1. The second-order valence-corrected chi connectivity index (χ2v) is 7.87. The van der Waals surface area contributed by atoms with Crippen LogP contribution >= 0.6 is 11.3 Å². The molecule has 2 aliphatic rings. The average molecular weight is 417 g/mol. The van der Waals surface area contributed by atoms with Crippen molar-refractivity contribution in [3.63, 3.8) is 0 Å². The van der Waals surface area contributed by atoms with E-state index in [1.165, 1.54) is 11.0 Å². The smallest absolute Gasteiger partial charge is 0.277 e. The summed E-state index contributed by atoms with van der Waals surface area (Å²) in [5.74, 6) is 3.12. The lowest BCUT2D eigenvalue weighted by Gasteiger charge is -2.13. The van der Waals surface area contributed by atoms with Gasteiger partial charge in [-0.15, -0.1) is 11.3 Å². The lowest BCUT2D eigenvalue weighted by Crippen LogP contribution is -2.37. The minimum absolute atomic E-state index is 0.00718. The number of carbonyl (C=O) groups excluding carboxylic acids is 2. The van der Waals surface area contributed by atoms with Crippen molar-refractivity contribution in [3.05, 3.63) is 33.4 Å². The van der Waals surface area contributed by atoms with Crippen molar-refractivity contribution in [1.29, 1.82) is 0 Å². The van der Waals surface area contributed by atoms with Gasteiger partial charge in [0.15, 0.2) is 5.01 Å². The molecule has 1 aromatic heterocycles. The topological polar surface area (TPSA) is 126 Å². The Morgan fingerprint density at radius 3 is 2.93 bits per heavy atom. The first-order valence-corrected chi connectivity index (χ1v) is 9.47. The molecule has 10 heteroatoms. The van der Waals surface area contributed by atoms with Gasteiger partial charge < -0.3 is 25.6 Å². The van der Waals surface area contributed by atoms with Gasteiger partial charge in [-0.1, -0.05) is 11.8 Å². The number of aromatic nitrogens is 1. The largest absolute Gasteiger partial charge is 0.490 e. The minimum Gasteiger partial charge on any atom is -0.490 e. The van der Waals surface area contributed by atoms with Gasteiger partial charge in [-0.3, -0.25) is 9.59 Å². The molecule has 4 rings (SSSR count). The molecule has 29 heavy (non-hydrogen) atoms. The highest BCUT2D eigenvalue weighted by molar-refractivity contribution is 7.14. The molecule has 8 nitrogen and oxygen atoms in total. The van der Waals surface area contributed by atoms with Gasteiger partial charge in [-0.25, -0.2) is 9.37 Å². The quantitative estimate of drug-likeness (QED) is 0.578. The maximum absolute atomic E-state index is 14.6. The van der Waals surface area contributed by atoms with Gasteiger partial charge >= 0.3 is 0 Å². The number of aliphatic hydroxyl groups excluding tert-OH is 1. The van der Waals surface area contributed by atoms with Crippen molar-refractivity contribution in [2.45, 2.75) is 18.1 Å². The Morgan fingerprint density at radius 2 is 2.28 bits per heavy atom. The predicted octanol–water partition coefficient (Wildman–Crippen LogP) is 0.419. The molecule has 1 fully saturated rings. The van der Waals surface area contributed by atoms with E-state index in [2.05, 4.69) is 16.8 Å². The third-order valence-electron chi connectivity index (χ3n) is 4.80. The fourth-order valence-electron chi connectivity index (χ4n) is 3.20. The van der Waals surface area contributed by atoms with E-state index in [9.17, 15) is 24.2 Å². The Labute approximate surface area is 168 Å². The molecule has 2 aliphatic heterocycles. The first kappa shape index (κ1) is 19.3. The molecule has 2 aromatic rings. The van der Waals surface area contributed by atoms with Crippen LogP contribution in [-0.4, -0.2) is 57.7 Å². The minimum atomic E-state index is -1.87. The molecule has 150 valence electrons. The van der Waals surface area contributed by atoms with Crippen molar-refractivity contribution in [2.75, 3.05) is 20.2 Å². The van der Waals surface area contributed by atoms with Gasteiger partial charge in [-0.2, -0.15) is 0 Å². The van der Waals surface area contributed by atoms with Crippen molar-refractivity contribution in [3.8, 4) is 28.8 Å². The van der Waals surface area contributed by atoms with Gasteiger partial charge in [0.25, 0.3) is 11.8 Å². The van der Waals surface area contributed by atoms with Crippen molar-refractivity contribution < 1.29 is 28.9 Å². The first-order valence-electron chi connectivity index (χ1n) is 8.66. The van der Waals surface area contributed by atoms with E-state index in [-0.39, 0.29) is 35.0 Å². The number of carbonyl (C=O) groups is 2. The Hall–Kier alpha value is -3.00. The van der Waals surface area contributed by atoms with Crippen LogP contribution in [0.2, 0.25) is 0 Å². The third-order valence-corrected chi connectivity index (χ3v) is 5.97. The summed E-state index contributed by atoms with van der Waals surface area (Å²) in [6, 6.07) is 2.45. The lowest BCUT2D eigenvalue weighted by molar-refractivity contribution is -0.137. The molecule has 0 bridgehead atoms. The molecular weight excluding hydrogens is 401 g/mol. The Kier molecular flexibility index (Phi) is 4.53. The highest BCUT2D eigenvalue weighted by Crippen LogP contribution is 2.41. The zero-order valence-electron chi connectivity index (χ0n) is 15.2. The summed E-state index contributed by atoms with van der Waals surface area (Å²) in [6.45, 7) is 0.200. The molecule has 1 saturated heterocycles. The third kappa shape index (κ3) is 3.23. The summed E-state index contributed by atoms with van der Waals surface area (Å²) in [6.07, 6.45) is -0.942. The highest BCUT2D eigenvalue weighted by Gasteiger charge is 2.42. The summed E-state index contributed by atoms with van der Waals surface area (Å²) in [7, 11) is 1.55. The van der Waals surface area contributed by atoms with E-state index in [1.54, 1.807) is 7.05 Å². The standard InChI is InChI=1S/C19H16FN3O5S/c1-23-5-4-19(27,18(23)26)3-2-9-6-10-13(7-11(9)20)28-8-12(24)15-14(10)22-17(29-15)16(21)25/h6-7,12,24,27H,4-5,8H2,1H3,(H2,21,25)/t12-,19+/m1/s1. The van der Waals surface area contributed by atoms with Crippen molar-refractivity contribution >= 4 is 23.2 Å². The number of ether oxygens (including phenoxy) is 1. The van der Waals surface area contributed by atoms with Gasteiger partial charge in [-0.05, 0) is 6.07 Å². The summed E-state index contributed by atoms with van der Waals surface area (Å²) in [5, 5.41) is 20.7. The van der Waals surface area contributed by atoms with Crippen LogP contribution in [0.25, 0.3) is 11.3 Å². The molecule has 0 radical (unpaired) electrons. The number of fused-ring (bicyclic) bond motifs is 3. The Bertz CT molecular complexity index is 1110. The molecular formula is C19H16FN3O5S. The summed E-state index contributed by atoms with van der Waals surface area (Å²) in [4.78, 5) is 29.4. The first-order chi connectivity index (χ1) is 13.7. The number of hydrogen-bond acceptors (Lipinski definition) is 7. The number of primary amides is 1. The summed E-state index contributed by atoms with van der Waals surface area (Å²) in [5.41, 5.74) is 3.92. The number of thiazole rings is 1. The fraction of sp³-hybridized carbons (Fsp3) is 0.316. The molecule has 0 unspecified atom stereocenters. The summed E-state index contributed by atoms with van der Waals surface area (Å²) >= 11 is 0.937. The highest BCUT2D eigenvalue weighted by atomic mass is 32.1. The normalized spacial score (nSPS) is 22.8.